The first-order valence-electron chi connectivity index (χ1n) is 16.8. The minimum atomic E-state index is -4.21. The predicted molar refractivity (Wildman–Crippen MR) is 130 cm³/mol. The highest BCUT2D eigenvalue weighted by Crippen LogP contribution is 2.68. The fraction of sp³-hybridized carbons (Fsp3) is 0.962. The Hall–Kier alpha value is -0.700. The maximum Gasteiger partial charge on any atom is 0.266 e. The minimum absolute atomic E-state index is 0.0683. The summed E-state index contributed by atoms with van der Waals surface area (Å²) in [5.74, 6) is -6.94. The molecule has 4 N–H and O–H groups in total. The second-order valence-electron chi connectivity index (χ2n) is 11.2. The molecule has 4 fully saturated rings. The molecule has 0 radical (unpaired) electrons. The van der Waals surface area contributed by atoms with E-state index in [-0.39, 0.29) is 37.1 Å². The number of hydrogen-bond donors (Lipinski definition) is 4. The fourth-order valence-electron chi connectivity index (χ4n) is 7.38. The van der Waals surface area contributed by atoms with Crippen molar-refractivity contribution in [3.8, 4) is 0 Å². The van der Waals surface area contributed by atoms with Gasteiger partial charge in [-0.1, -0.05) is 20.8 Å². The summed E-state index contributed by atoms with van der Waals surface area (Å²) in [6.07, 6.45) is -14.1. The van der Waals surface area contributed by atoms with Crippen molar-refractivity contribution in [2.45, 2.75) is 97.0 Å². The first kappa shape index (κ1) is 16.9. The van der Waals surface area contributed by atoms with E-state index in [1.807, 2.05) is 13.8 Å². The number of aliphatic hydroxyl groups is 2. The molecule has 4 aliphatic rings. The maximum absolute atomic E-state index is 12.3. The molecule has 8 heteroatoms. The quantitative estimate of drug-likeness (QED) is 0.391. The molecule has 4 aliphatic carbocycles. The van der Waals surface area contributed by atoms with E-state index in [1.165, 1.54) is 6.92 Å². The lowest BCUT2D eigenvalue weighted by molar-refractivity contribution is -0.174. The smallest absolute Gasteiger partial charge is 0.266 e. The molecule has 196 valence electrons. The molecule has 7 nitrogen and oxygen atoms in total. The third kappa shape index (κ3) is 4.94. The van der Waals surface area contributed by atoms with Crippen molar-refractivity contribution in [3.05, 3.63) is 0 Å². The molecule has 0 saturated heterocycles. The number of nitrogens with one attached hydrogen (secondary N) is 1. The SMILES string of the molecule is [2H]C1([2H])C[C@@]2(C)C(C([2H])([2H])[C@]1([2H])O)C([2H])([2H])[C@@]([2H])(O)C1([2H])C2CC[C@]2(C)C([C@H](C)CCC(=O)NCCS(=O)(=O)O)CCC12. The maximum atomic E-state index is 12.3. The summed E-state index contributed by atoms with van der Waals surface area (Å²) in [5.41, 5.74) is -2.26. The Morgan fingerprint density at radius 2 is 1.85 bits per heavy atom. The van der Waals surface area contributed by atoms with Crippen LogP contribution in [-0.2, 0) is 14.9 Å². The second-order valence-corrected chi connectivity index (χ2v) is 12.8. The van der Waals surface area contributed by atoms with Gasteiger partial charge in [-0.15, -0.1) is 0 Å². The number of carbonyl (C=O) groups is 1. The van der Waals surface area contributed by atoms with Crippen LogP contribution in [0.25, 0.3) is 0 Å². The molecule has 0 bridgehead atoms. The van der Waals surface area contributed by atoms with Gasteiger partial charge >= 0.3 is 0 Å². The average molecular weight is 509 g/mol. The van der Waals surface area contributed by atoms with Crippen LogP contribution < -0.4 is 5.32 Å². The summed E-state index contributed by atoms with van der Waals surface area (Å²) in [6, 6.07) is 0. The van der Waals surface area contributed by atoms with Crippen LogP contribution in [0.5, 0.6) is 0 Å². The van der Waals surface area contributed by atoms with Gasteiger partial charge in [-0.05, 0) is 104 Å². The van der Waals surface area contributed by atoms with Gasteiger partial charge < -0.3 is 15.5 Å². The van der Waals surface area contributed by atoms with Crippen molar-refractivity contribution in [1.82, 2.24) is 5.32 Å². The Morgan fingerprint density at radius 1 is 1.15 bits per heavy atom. The van der Waals surface area contributed by atoms with E-state index in [1.54, 1.807) is 0 Å². The van der Waals surface area contributed by atoms with E-state index in [4.69, 9.17) is 15.5 Å². The highest BCUT2D eigenvalue weighted by atomic mass is 32.2. The number of carbonyl (C=O) groups excluding carboxylic acids is 1. The highest BCUT2D eigenvalue weighted by Gasteiger charge is 2.62. The van der Waals surface area contributed by atoms with Gasteiger partial charge in [0.1, 0.15) is 0 Å². The molecule has 0 aromatic carbocycles. The minimum Gasteiger partial charge on any atom is -0.393 e. The molecule has 5 unspecified atom stereocenters. The fourth-order valence-corrected chi connectivity index (χ4v) is 7.74. The largest absolute Gasteiger partial charge is 0.393 e. The van der Waals surface area contributed by atoms with Gasteiger partial charge in [0, 0.05) is 22.6 Å². The molecule has 0 aromatic heterocycles. The van der Waals surface area contributed by atoms with Crippen molar-refractivity contribution in [2.75, 3.05) is 12.3 Å². The first-order valence-corrected chi connectivity index (χ1v) is 13.9. The molecule has 0 aromatic rings. The van der Waals surface area contributed by atoms with Crippen LogP contribution in [0.3, 0.4) is 0 Å². The van der Waals surface area contributed by atoms with Crippen LogP contribution >= 0.6 is 0 Å². The number of fused-ring (bicyclic) bond motifs is 5. The number of amides is 1. The van der Waals surface area contributed by atoms with Crippen LogP contribution in [-0.4, -0.2) is 53.5 Å². The molecule has 4 saturated carbocycles. The zero-order valence-corrected chi connectivity index (χ0v) is 21.0. The Balaban J connectivity index is 1.66. The van der Waals surface area contributed by atoms with Gasteiger partial charge in [-0.2, -0.15) is 8.42 Å². The topological polar surface area (TPSA) is 124 Å². The Labute approximate surface area is 217 Å². The summed E-state index contributed by atoms with van der Waals surface area (Å²) in [4.78, 5) is 12.3. The van der Waals surface area contributed by atoms with Crippen molar-refractivity contribution < 1.29 is 40.3 Å². The normalized spacial score (nSPS) is 59.9. The summed E-state index contributed by atoms with van der Waals surface area (Å²) in [5, 5.41) is 25.1. The van der Waals surface area contributed by atoms with Gasteiger partial charge in [0.2, 0.25) is 5.91 Å². The zero-order valence-electron chi connectivity index (χ0n) is 29.2. The van der Waals surface area contributed by atoms with E-state index in [9.17, 15) is 24.8 Å². The molecule has 10 atom stereocenters. The lowest BCUT2D eigenvalue weighted by atomic mass is 9.43. The summed E-state index contributed by atoms with van der Waals surface area (Å²) >= 11 is 0. The lowest BCUT2D eigenvalue weighted by Gasteiger charge is -2.62. The van der Waals surface area contributed by atoms with Crippen molar-refractivity contribution in [1.29, 1.82) is 0 Å². The standard InChI is InChI=1S/C26H45NO6S/c1-16(4-7-23(30)27-12-13-34(31,32)33)19-5-6-20-24-21(9-11-26(19,20)3)25(2)10-8-18(28)14-17(25)15-22(24)29/h16-22,24,28-29H,4-15H2,1-3H3,(H,27,30)(H,31,32,33)/t16-,17?,18-,19?,20?,21?,22-,24?,25+,26-/m1/s1/i8D2,14D2,15D2,18D,22D,24D. The molecule has 1 amide bonds. The summed E-state index contributed by atoms with van der Waals surface area (Å²) in [6.45, 7) is 5.17. The average Bonchev–Trinajstić information content (AvgIpc) is 3.17. The number of rotatable bonds is 7. The number of hydrogen-bond acceptors (Lipinski definition) is 5. The molecular weight excluding hydrogens is 454 g/mol. The summed E-state index contributed by atoms with van der Waals surface area (Å²) in [7, 11) is -4.21. The van der Waals surface area contributed by atoms with Gasteiger partial charge in [0.15, 0.2) is 0 Å². The molecule has 34 heavy (non-hydrogen) atoms. The third-order valence-corrected chi connectivity index (χ3v) is 9.98. The van der Waals surface area contributed by atoms with Crippen molar-refractivity contribution in [3.63, 3.8) is 0 Å². The van der Waals surface area contributed by atoms with E-state index >= 15 is 0 Å². The van der Waals surface area contributed by atoms with E-state index in [2.05, 4.69) is 5.32 Å². The Morgan fingerprint density at radius 3 is 2.56 bits per heavy atom. The van der Waals surface area contributed by atoms with Gasteiger partial charge in [-0.25, -0.2) is 0 Å². The predicted octanol–water partition coefficient (Wildman–Crippen LogP) is 3.40. The van der Waals surface area contributed by atoms with Crippen LogP contribution in [0.2, 0.25) is 0 Å². The molecule has 0 heterocycles. The Kier molecular flexibility index (Phi) is 4.80. The van der Waals surface area contributed by atoms with E-state index in [0.717, 1.165) is 0 Å². The van der Waals surface area contributed by atoms with Crippen LogP contribution in [0.1, 0.15) is 97.2 Å². The van der Waals surface area contributed by atoms with Crippen LogP contribution in [0, 0.1) is 46.3 Å². The monoisotopic (exact) mass is 508 g/mol. The molecular formula is C26H45NO6S. The summed E-state index contributed by atoms with van der Waals surface area (Å²) < 4.78 is 110. The Bertz CT molecular complexity index is 1250. The van der Waals surface area contributed by atoms with Crippen molar-refractivity contribution >= 4 is 16.0 Å². The van der Waals surface area contributed by atoms with Gasteiger partial charge in [0.05, 0.1) is 20.7 Å². The third-order valence-electron chi connectivity index (χ3n) is 9.26. The van der Waals surface area contributed by atoms with Gasteiger partial charge in [0.25, 0.3) is 10.1 Å². The lowest BCUT2D eigenvalue weighted by Crippen LogP contribution is -2.58. The second kappa shape index (κ2) is 9.64. The molecule has 0 spiro atoms. The molecule has 4 rings (SSSR count). The van der Waals surface area contributed by atoms with Crippen molar-refractivity contribution in [2.24, 2.45) is 46.3 Å². The van der Waals surface area contributed by atoms with E-state index in [0.29, 0.717) is 25.7 Å². The van der Waals surface area contributed by atoms with Crippen LogP contribution in [0.4, 0.5) is 0 Å². The zero-order chi connectivity index (χ0) is 33.0. The van der Waals surface area contributed by atoms with Crippen LogP contribution in [0.15, 0.2) is 0 Å². The van der Waals surface area contributed by atoms with Gasteiger partial charge in [-0.3, -0.25) is 9.35 Å². The molecule has 0 aliphatic heterocycles. The highest BCUT2D eigenvalue weighted by molar-refractivity contribution is 7.85. The first-order chi connectivity index (χ1) is 19.2. The van der Waals surface area contributed by atoms with E-state index < -0.39 is 88.0 Å².